The Morgan fingerprint density at radius 1 is 1.11 bits per heavy atom. The van der Waals surface area contributed by atoms with Crippen LogP contribution < -0.4 is 4.74 Å². The number of carbonyl (C=O) groups is 2. The van der Waals surface area contributed by atoms with Crippen molar-refractivity contribution in [1.82, 2.24) is 14.8 Å². The van der Waals surface area contributed by atoms with Gasteiger partial charge in [-0.05, 0) is 24.6 Å². The van der Waals surface area contributed by atoms with Crippen molar-refractivity contribution < 1.29 is 24.2 Å². The molecule has 3 aromatic rings. The van der Waals surface area contributed by atoms with Gasteiger partial charge in [0.25, 0.3) is 11.7 Å². The van der Waals surface area contributed by atoms with Crippen molar-refractivity contribution >= 4 is 28.8 Å². The topological polar surface area (TPSA) is 92.2 Å². The van der Waals surface area contributed by atoms with E-state index in [-0.39, 0.29) is 11.3 Å². The Morgan fingerprint density at radius 2 is 1.86 bits per heavy atom. The molecule has 2 aliphatic rings. The third-order valence-electron chi connectivity index (χ3n) is 6.75. The number of aryl methyl sites for hydroxylation is 1. The zero-order valence-corrected chi connectivity index (χ0v) is 21.7. The van der Waals surface area contributed by atoms with Crippen LogP contribution in [-0.4, -0.2) is 78.1 Å². The number of hydrogen-bond acceptors (Lipinski definition) is 8. The summed E-state index contributed by atoms with van der Waals surface area (Å²) in [5.74, 6) is -0.983. The van der Waals surface area contributed by atoms with Crippen LogP contribution in [0.2, 0.25) is 0 Å². The van der Waals surface area contributed by atoms with Crippen molar-refractivity contribution in [3.05, 3.63) is 76.3 Å². The number of thiazole rings is 1. The van der Waals surface area contributed by atoms with Gasteiger partial charge < -0.3 is 19.5 Å². The maximum atomic E-state index is 13.4. The molecule has 2 saturated heterocycles. The molecule has 2 aliphatic heterocycles. The number of aromatic nitrogens is 1. The van der Waals surface area contributed by atoms with Crippen molar-refractivity contribution in [3.63, 3.8) is 0 Å². The van der Waals surface area contributed by atoms with E-state index >= 15 is 0 Å². The lowest BCUT2D eigenvalue weighted by molar-refractivity contribution is -0.140. The summed E-state index contributed by atoms with van der Waals surface area (Å²) in [5.41, 5.74) is 1.99. The molecule has 2 aromatic carbocycles. The van der Waals surface area contributed by atoms with Crippen molar-refractivity contribution in [2.24, 2.45) is 0 Å². The van der Waals surface area contributed by atoms with Gasteiger partial charge >= 0.3 is 0 Å². The second kappa shape index (κ2) is 10.8. The third-order valence-corrected chi connectivity index (χ3v) is 7.77. The van der Waals surface area contributed by atoms with Crippen molar-refractivity contribution in [2.45, 2.75) is 13.0 Å². The number of amides is 1. The fourth-order valence-electron chi connectivity index (χ4n) is 4.79. The maximum absolute atomic E-state index is 13.4. The highest BCUT2D eigenvalue weighted by molar-refractivity contribution is 7.15. The van der Waals surface area contributed by atoms with Gasteiger partial charge in [-0.2, -0.15) is 0 Å². The molecule has 1 atom stereocenters. The zero-order chi connectivity index (χ0) is 25.9. The van der Waals surface area contributed by atoms with Gasteiger partial charge in [0.2, 0.25) is 0 Å². The molecular formula is C28H29N3O5S. The van der Waals surface area contributed by atoms with E-state index in [0.29, 0.717) is 43.3 Å². The Bertz CT molecular complexity index is 1330. The second-order valence-electron chi connectivity index (χ2n) is 9.01. The number of hydrogen-bond donors (Lipinski definition) is 1. The number of methoxy groups -OCH3 is 1. The van der Waals surface area contributed by atoms with Crippen molar-refractivity contribution in [3.8, 4) is 16.3 Å². The lowest BCUT2D eigenvalue weighted by Gasteiger charge is -2.31. The molecular weight excluding hydrogens is 490 g/mol. The van der Waals surface area contributed by atoms with Gasteiger partial charge in [0.15, 0.2) is 5.76 Å². The van der Waals surface area contributed by atoms with Gasteiger partial charge in [0.1, 0.15) is 16.5 Å². The highest BCUT2D eigenvalue weighted by Crippen LogP contribution is 2.41. The Morgan fingerprint density at radius 3 is 2.59 bits per heavy atom. The molecule has 1 unspecified atom stereocenters. The molecule has 0 aliphatic carbocycles. The molecule has 3 heterocycles. The molecule has 1 aromatic heterocycles. The molecule has 0 bridgehead atoms. The molecule has 192 valence electrons. The number of aliphatic hydroxyl groups is 1. The normalized spacial score (nSPS) is 19.9. The van der Waals surface area contributed by atoms with Gasteiger partial charge in [-0.3, -0.25) is 14.5 Å². The van der Waals surface area contributed by atoms with Crippen LogP contribution in [0.15, 0.2) is 60.2 Å². The Labute approximate surface area is 219 Å². The van der Waals surface area contributed by atoms with Gasteiger partial charge in [0, 0.05) is 36.6 Å². The molecule has 37 heavy (non-hydrogen) atoms. The number of ketones is 1. The van der Waals surface area contributed by atoms with E-state index < -0.39 is 17.7 Å². The summed E-state index contributed by atoms with van der Waals surface area (Å²) in [7, 11) is 1.57. The molecule has 2 fully saturated rings. The molecule has 9 heteroatoms. The average Bonchev–Trinajstić information content (AvgIpc) is 3.45. The minimum absolute atomic E-state index is 0.0493. The van der Waals surface area contributed by atoms with Crippen molar-refractivity contribution in [2.75, 3.05) is 46.5 Å². The smallest absolute Gasteiger partial charge is 0.295 e. The summed E-state index contributed by atoms with van der Waals surface area (Å²) in [4.78, 5) is 35.9. The van der Waals surface area contributed by atoms with E-state index in [2.05, 4.69) is 9.88 Å². The molecule has 1 amide bonds. The van der Waals surface area contributed by atoms with E-state index in [0.717, 1.165) is 28.5 Å². The van der Waals surface area contributed by atoms with Crippen LogP contribution in [-0.2, 0) is 14.3 Å². The van der Waals surface area contributed by atoms with Gasteiger partial charge in [-0.1, -0.05) is 42.5 Å². The fourth-order valence-corrected chi connectivity index (χ4v) is 5.71. The summed E-state index contributed by atoms with van der Waals surface area (Å²) in [6, 6.07) is 16.2. The minimum Gasteiger partial charge on any atom is -0.505 e. The first-order valence-electron chi connectivity index (χ1n) is 12.2. The summed E-state index contributed by atoms with van der Waals surface area (Å²) in [5, 5.41) is 12.2. The number of ether oxygens (including phenoxy) is 2. The van der Waals surface area contributed by atoms with Crippen LogP contribution in [0.4, 0.5) is 0 Å². The number of morpholine rings is 1. The standard InChI is InChI=1S/C28H29N3O5S/c1-18-23(29-27(37-18)19-7-4-3-5-8-19)25(32)22-24(20-9-6-10-21(17-20)35-2)31(28(34)26(22)33)12-11-30-13-15-36-16-14-30/h3-10,17,24,32H,11-16H2,1-2H3. The Hall–Kier alpha value is -3.53. The largest absolute Gasteiger partial charge is 0.505 e. The molecule has 1 N–H and O–H groups in total. The number of likely N-dealkylation sites (tertiary alicyclic amines) is 1. The first-order chi connectivity index (χ1) is 18.0. The summed E-state index contributed by atoms with van der Waals surface area (Å²) in [6.07, 6.45) is 0. The lowest BCUT2D eigenvalue weighted by atomic mass is 9.96. The Balaban J connectivity index is 1.57. The summed E-state index contributed by atoms with van der Waals surface area (Å²) < 4.78 is 10.8. The van der Waals surface area contributed by atoms with E-state index in [4.69, 9.17) is 9.47 Å². The number of rotatable bonds is 7. The number of aliphatic hydroxyl groups excluding tert-OH is 1. The number of carbonyl (C=O) groups excluding carboxylic acids is 2. The number of benzene rings is 2. The fraction of sp³-hybridized carbons (Fsp3) is 0.321. The number of nitrogens with zero attached hydrogens (tertiary/aromatic N) is 3. The number of Topliss-reactive ketones (excluding diaryl/α,β-unsaturated/α-hetero) is 1. The zero-order valence-electron chi connectivity index (χ0n) is 20.8. The van der Waals surface area contributed by atoms with Gasteiger partial charge in [-0.25, -0.2) is 4.98 Å². The van der Waals surface area contributed by atoms with Crippen LogP contribution in [0.25, 0.3) is 16.3 Å². The monoisotopic (exact) mass is 519 g/mol. The van der Waals surface area contributed by atoms with Crippen LogP contribution in [0.1, 0.15) is 22.2 Å². The third kappa shape index (κ3) is 5.02. The average molecular weight is 520 g/mol. The van der Waals surface area contributed by atoms with Crippen LogP contribution in [0.3, 0.4) is 0 Å². The van der Waals surface area contributed by atoms with Gasteiger partial charge in [-0.15, -0.1) is 11.3 Å². The highest BCUT2D eigenvalue weighted by atomic mass is 32.1. The Kier molecular flexibility index (Phi) is 7.36. The van der Waals surface area contributed by atoms with Crippen molar-refractivity contribution in [1.29, 1.82) is 0 Å². The quantitative estimate of drug-likeness (QED) is 0.288. The summed E-state index contributed by atoms with van der Waals surface area (Å²) in [6.45, 7) is 5.63. The van der Waals surface area contributed by atoms with Crippen LogP contribution >= 0.6 is 11.3 Å². The first kappa shape index (κ1) is 25.1. The molecule has 0 radical (unpaired) electrons. The first-order valence-corrected chi connectivity index (χ1v) is 13.0. The van der Waals surface area contributed by atoms with Crippen LogP contribution in [0.5, 0.6) is 5.75 Å². The van der Waals surface area contributed by atoms with E-state index in [9.17, 15) is 14.7 Å². The maximum Gasteiger partial charge on any atom is 0.295 e. The highest BCUT2D eigenvalue weighted by Gasteiger charge is 2.46. The summed E-state index contributed by atoms with van der Waals surface area (Å²) >= 11 is 1.44. The van der Waals surface area contributed by atoms with E-state index in [1.807, 2.05) is 49.4 Å². The predicted octanol–water partition coefficient (Wildman–Crippen LogP) is 3.88. The van der Waals surface area contributed by atoms with Gasteiger partial charge in [0.05, 0.1) is 31.9 Å². The SMILES string of the molecule is COc1cccc(C2C(=C(O)c3nc(-c4ccccc4)sc3C)C(=O)C(=O)N2CCN2CCOCC2)c1. The molecule has 5 rings (SSSR count). The van der Waals surface area contributed by atoms with E-state index in [1.165, 1.54) is 11.3 Å². The molecule has 0 saturated carbocycles. The van der Waals surface area contributed by atoms with E-state index in [1.54, 1.807) is 24.1 Å². The van der Waals surface area contributed by atoms with Crippen LogP contribution in [0, 0.1) is 6.92 Å². The lowest BCUT2D eigenvalue weighted by Crippen LogP contribution is -2.42. The minimum atomic E-state index is -0.752. The molecule has 0 spiro atoms. The second-order valence-corrected chi connectivity index (χ2v) is 10.2. The molecule has 8 nitrogen and oxygen atoms in total. The predicted molar refractivity (Wildman–Crippen MR) is 142 cm³/mol.